The highest BCUT2D eigenvalue weighted by Gasteiger charge is 2.27. The van der Waals surface area contributed by atoms with E-state index in [1.807, 2.05) is 36.4 Å². The summed E-state index contributed by atoms with van der Waals surface area (Å²) in [5.41, 5.74) is 14.9. The third-order valence-corrected chi connectivity index (χ3v) is 22.3. The Hall–Kier alpha value is -13.3. The van der Waals surface area contributed by atoms with Crippen LogP contribution in [0.5, 0.6) is 0 Å². The van der Waals surface area contributed by atoms with Crippen LogP contribution >= 0.6 is 22.7 Å². The van der Waals surface area contributed by atoms with Crippen molar-refractivity contribution in [3.05, 3.63) is 328 Å². The van der Waals surface area contributed by atoms with Crippen molar-refractivity contribution in [2.75, 3.05) is 0 Å². The van der Waals surface area contributed by atoms with Gasteiger partial charge in [0.1, 0.15) is 0 Å². The van der Waals surface area contributed by atoms with E-state index >= 15 is 0 Å². The molecule has 0 fully saturated rings. The molecular formula is C90H54N10S2. The van der Waals surface area contributed by atoms with Gasteiger partial charge in [0.2, 0.25) is 11.9 Å². The highest BCUT2D eigenvalue weighted by molar-refractivity contribution is 7.26. The van der Waals surface area contributed by atoms with Crippen molar-refractivity contribution >= 4 is 150 Å². The van der Waals surface area contributed by atoms with Crippen molar-refractivity contribution in [1.82, 2.24) is 48.2 Å². The first kappa shape index (κ1) is 57.8. The van der Waals surface area contributed by atoms with E-state index < -0.39 is 0 Å². The first-order valence-corrected chi connectivity index (χ1v) is 35.7. The molecule has 12 heteroatoms. The van der Waals surface area contributed by atoms with Gasteiger partial charge < -0.3 is 9.13 Å². The maximum atomic E-state index is 5.38. The SMILES string of the molecule is c1ccc(-c2nc(-c3ccc4c(c3)sc3ccccc34)nc(-n3c4ccccc4c4ccc5c(c6ccccc6n5-c5ccccc5)c43)n2)cc1.c1ccc(-c2nc(-c3cccc4c3sc3ccccc34)nc(-n3c4ccccc4c4ccc5c(c6ccccc6n5-c5ccccc5)c43)n2)cc1. The number of rotatable bonds is 8. The van der Waals surface area contributed by atoms with Crippen LogP contribution in [0, 0.1) is 0 Å². The third kappa shape index (κ3) is 9.03. The lowest BCUT2D eigenvalue weighted by Gasteiger charge is -2.12. The molecule has 0 atom stereocenters. The zero-order valence-electron chi connectivity index (χ0n) is 54.5. The summed E-state index contributed by atoms with van der Waals surface area (Å²) in [7, 11) is 0. The Morgan fingerprint density at radius 1 is 0.216 bits per heavy atom. The Kier molecular flexibility index (Phi) is 13.1. The number of fused-ring (bicyclic) bond motifs is 20. The molecule has 0 unspecified atom stereocenters. The van der Waals surface area contributed by atoms with Crippen molar-refractivity contribution in [3.8, 4) is 68.8 Å². The standard InChI is InChI=1S/2C45H27N5S/c1-3-14-28(15-4-1)43-46-44(35-22-13-21-33-31-19-9-12-25-39(31)51-42(33)35)48-45(47-43)50-36-23-10-7-18-30(36)32-26-27-38-40(41(32)50)34-20-8-11-24-37(34)49(38)29-16-5-2-6-17-29;1-3-13-28(14-4-1)43-46-44(29-23-24-33-32-18-9-12-22-39(32)51-40(33)27-29)48-45(47-43)50-36-20-10-7-17-31(36)34-25-26-38-41(42(34)50)35-19-8-11-21-37(35)49(38)30-15-5-2-6-16-30/h2*1-27H. The van der Waals surface area contributed by atoms with Crippen LogP contribution in [-0.2, 0) is 0 Å². The van der Waals surface area contributed by atoms with E-state index in [0.29, 0.717) is 35.2 Å². The van der Waals surface area contributed by atoms with Crippen LogP contribution in [0.15, 0.2) is 328 Å². The fourth-order valence-electron chi connectivity index (χ4n) is 15.5. The van der Waals surface area contributed by atoms with E-state index in [2.05, 4.69) is 309 Å². The van der Waals surface area contributed by atoms with Gasteiger partial charge in [-0.3, -0.25) is 9.13 Å². The number of benzene rings is 14. The van der Waals surface area contributed by atoms with E-state index in [1.54, 1.807) is 22.7 Å². The van der Waals surface area contributed by atoms with Crippen LogP contribution in [0.2, 0.25) is 0 Å². The first-order chi connectivity index (χ1) is 50.6. The monoisotopic (exact) mass is 1340 g/mol. The molecule has 0 aliphatic rings. The van der Waals surface area contributed by atoms with Gasteiger partial charge in [-0.25, -0.2) is 9.97 Å². The van der Waals surface area contributed by atoms with Crippen LogP contribution in [-0.4, -0.2) is 48.2 Å². The molecule has 0 spiro atoms. The van der Waals surface area contributed by atoms with Gasteiger partial charge in [-0.1, -0.05) is 243 Å². The van der Waals surface area contributed by atoms with Gasteiger partial charge in [0.05, 0.1) is 44.1 Å². The second-order valence-electron chi connectivity index (χ2n) is 25.7. The summed E-state index contributed by atoms with van der Waals surface area (Å²) in [6.45, 7) is 0. The molecule has 0 saturated carbocycles. The third-order valence-electron chi connectivity index (χ3n) is 20.0. The minimum atomic E-state index is 0.588. The highest BCUT2D eigenvalue weighted by atomic mass is 32.1. The van der Waals surface area contributed by atoms with Gasteiger partial charge in [0.25, 0.3) is 0 Å². The van der Waals surface area contributed by atoms with Gasteiger partial charge >= 0.3 is 0 Å². The predicted molar refractivity (Wildman–Crippen MR) is 425 cm³/mol. The molecule has 14 aromatic carbocycles. The average Bonchev–Trinajstić information content (AvgIpc) is 1.55. The summed E-state index contributed by atoms with van der Waals surface area (Å²) in [5, 5.41) is 14.3. The predicted octanol–water partition coefficient (Wildman–Crippen LogP) is 23.5. The molecule has 0 saturated heterocycles. The smallest absolute Gasteiger partial charge is 0.238 e. The summed E-state index contributed by atoms with van der Waals surface area (Å²) in [6, 6.07) is 115. The number of para-hydroxylation sites is 6. The van der Waals surface area contributed by atoms with Crippen LogP contribution < -0.4 is 0 Å². The Morgan fingerprint density at radius 3 is 1.11 bits per heavy atom. The Balaban J connectivity index is 0.000000133. The molecule has 102 heavy (non-hydrogen) atoms. The van der Waals surface area contributed by atoms with Crippen molar-refractivity contribution in [2.45, 2.75) is 0 Å². The number of thiophene rings is 2. The number of hydrogen-bond acceptors (Lipinski definition) is 8. The molecule has 0 amide bonds. The number of nitrogens with zero attached hydrogens (tertiary/aromatic N) is 10. The van der Waals surface area contributed by atoms with Crippen molar-refractivity contribution < 1.29 is 0 Å². The molecule has 10 nitrogen and oxygen atoms in total. The van der Waals surface area contributed by atoms with Gasteiger partial charge in [0.15, 0.2) is 23.3 Å². The van der Waals surface area contributed by atoms with Gasteiger partial charge in [-0.05, 0) is 84.9 Å². The van der Waals surface area contributed by atoms with Crippen LogP contribution in [0.25, 0.3) is 196 Å². The molecule has 0 aliphatic heterocycles. The summed E-state index contributed by atoms with van der Waals surface area (Å²) in [4.78, 5) is 31.6. The maximum Gasteiger partial charge on any atom is 0.238 e. The lowest BCUT2D eigenvalue weighted by atomic mass is 10.1. The molecule has 22 rings (SSSR count). The number of aromatic nitrogens is 10. The minimum Gasteiger partial charge on any atom is -0.309 e. The summed E-state index contributed by atoms with van der Waals surface area (Å²) in [5.74, 6) is 3.75. The van der Waals surface area contributed by atoms with Crippen molar-refractivity contribution in [1.29, 1.82) is 0 Å². The first-order valence-electron chi connectivity index (χ1n) is 34.1. The molecular weight excluding hydrogens is 1290 g/mol. The normalized spacial score (nSPS) is 11.9. The summed E-state index contributed by atoms with van der Waals surface area (Å²) >= 11 is 3.59. The fourth-order valence-corrected chi connectivity index (χ4v) is 17.9. The lowest BCUT2D eigenvalue weighted by molar-refractivity contribution is 0.955. The van der Waals surface area contributed by atoms with Gasteiger partial charge in [-0.2, -0.15) is 19.9 Å². The molecule has 476 valence electrons. The number of hydrogen-bond donors (Lipinski definition) is 0. The van der Waals surface area contributed by atoms with Crippen molar-refractivity contribution in [2.24, 2.45) is 0 Å². The zero-order valence-corrected chi connectivity index (χ0v) is 56.1. The van der Waals surface area contributed by atoms with Crippen LogP contribution in [0.4, 0.5) is 0 Å². The molecule has 0 N–H and O–H groups in total. The quantitative estimate of drug-likeness (QED) is 0.150. The maximum absolute atomic E-state index is 5.38. The Morgan fingerprint density at radius 2 is 0.588 bits per heavy atom. The summed E-state index contributed by atoms with van der Waals surface area (Å²) in [6.07, 6.45) is 0. The van der Waals surface area contributed by atoms with Crippen molar-refractivity contribution in [3.63, 3.8) is 0 Å². The zero-order chi connectivity index (χ0) is 66.9. The van der Waals surface area contributed by atoms with E-state index in [0.717, 1.165) is 110 Å². The Bertz CT molecular complexity index is 7130. The topological polar surface area (TPSA) is 97.1 Å². The minimum absolute atomic E-state index is 0.588. The largest absolute Gasteiger partial charge is 0.309 e. The second-order valence-corrected chi connectivity index (χ2v) is 27.8. The fraction of sp³-hybridized carbons (Fsp3) is 0. The van der Waals surface area contributed by atoms with E-state index in [4.69, 9.17) is 29.9 Å². The van der Waals surface area contributed by atoms with Gasteiger partial charge in [0, 0.05) is 117 Å². The Labute approximate surface area is 590 Å². The molecule has 0 radical (unpaired) electrons. The molecule has 0 bridgehead atoms. The average molecular weight is 1340 g/mol. The molecule has 8 heterocycles. The summed E-state index contributed by atoms with van der Waals surface area (Å²) < 4.78 is 14.1. The van der Waals surface area contributed by atoms with Crippen LogP contribution in [0.3, 0.4) is 0 Å². The molecule has 22 aromatic rings. The second kappa shape index (κ2) is 23.2. The van der Waals surface area contributed by atoms with E-state index in [-0.39, 0.29) is 0 Å². The van der Waals surface area contributed by atoms with E-state index in [9.17, 15) is 0 Å². The molecule has 0 aliphatic carbocycles. The van der Waals surface area contributed by atoms with E-state index in [1.165, 1.54) is 51.1 Å². The molecule has 8 aromatic heterocycles. The van der Waals surface area contributed by atoms with Gasteiger partial charge in [-0.15, -0.1) is 22.7 Å². The van der Waals surface area contributed by atoms with Crippen LogP contribution in [0.1, 0.15) is 0 Å². The lowest BCUT2D eigenvalue weighted by Crippen LogP contribution is -2.06. The highest BCUT2D eigenvalue weighted by Crippen LogP contribution is 2.46.